The van der Waals surface area contributed by atoms with Gasteiger partial charge in [-0.05, 0) is 103 Å². The van der Waals surface area contributed by atoms with E-state index in [2.05, 4.69) is 69.1 Å². The van der Waals surface area contributed by atoms with Gasteiger partial charge in [0.2, 0.25) is 11.8 Å². The highest BCUT2D eigenvalue weighted by Crippen LogP contribution is 2.43. The number of rotatable bonds is 11. The molecule has 8 rings (SSSR count). The maximum atomic E-state index is 14.3. The molecule has 3 aliphatic heterocycles. The minimum absolute atomic E-state index is 0.000884. The van der Waals surface area contributed by atoms with Crippen molar-refractivity contribution in [3.8, 4) is 33.6 Å². The van der Waals surface area contributed by atoms with Gasteiger partial charge in [-0.25, -0.2) is 14.6 Å². The van der Waals surface area contributed by atoms with E-state index < -0.39 is 24.3 Å². The molecule has 5 heterocycles. The number of carbonyl (C=O) groups excluding carboxylic acids is 4. The fourth-order valence-electron chi connectivity index (χ4n) is 9.78. The molecular weight excluding hydrogens is 763 g/mol. The van der Waals surface area contributed by atoms with E-state index in [9.17, 15) is 19.2 Å². The Morgan fingerprint density at radius 2 is 1.30 bits per heavy atom. The first-order chi connectivity index (χ1) is 29.1. The number of benzene rings is 2. The van der Waals surface area contributed by atoms with E-state index >= 15 is 0 Å². The lowest BCUT2D eigenvalue weighted by Crippen LogP contribution is -2.53. The van der Waals surface area contributed by atoms with Crippen molar-refractivity contribution in [2.45, 2.75) is 95.8 Å². The van der Waals surface area contributed by atoms with Crippen LogP contribution < -0.4 is 10.6 Å². The summed E-state index contributed by atoms with van der Waals surface area (Å²) in [6.45, 7) is 6.23. The molecule has 2 unspecified atom stereocenters. The van der Waals surface area contributed by atoms with Gasteiger partial charge in [0.15, 0.2) is 0 Å². The molecule has 3 fully saturated rings. The summed E-state index contributed by atoms with van der Waals surface area (Å²) in [6, 6.07) is 15.5. The van der Waals surface area contributed by atoms with E-state index in [1.807, 2.05) is 29.8 Å². The zero-order valence-electron chi connectivity index (χ0n) is 35.1. The van der Waals surface area contributed by atoms with Crippen LogP contribution in [0.3, 0.4) is 0 Å². The topological polar surface area (TPSA) is 171 Å². The number of H-pyrrole nitrogens is 2. The van der Waals surface area contributed by atoms with Crippen LogP contribution in [0, 0.1) is 11.8 Å². The first-order valence-corrected chi connectivity index (χ1v) is 21.5. The number of aromatic nitrogens is 3. The number of imidazole rings is 1. The van der Waals surface area contributed by atoms with Gasteiger partial charge in [-0.2, -0.15) is 0 Å². The monoisotopic (exact) mass is 819 g/mol. The Morgan fingerprint density at radius 3 is 1.95 bits per heavy atom. The fraction of sp³-hybridized carbons (Fsp3) is 0.500. The number of fused-ring (bicyclic) bond motifs is 1. The van der Waals surface area contributed by atoms with Crippen molar-refractivity contribution in [1.82, 2.24) is 35.4 Å². The van der Waals surface area contributed by atoms with Crippen molar-refractivity contribution >= 4 is 24.0 Å². The summed E-state index contributed by atoms with van der Waals surface area (Å²) in [4.78, 5) is 68.1. The van der Waals surface area contributed by atoms with E-state index in [0.29, 0.717) is 26.3 Å². The number of likely N-dealkylation sites (tertiary alicyclic amines) is 2. The lowest BCUT2D eigenvalue weighted by Gasteiger charge is -2.34. The summed E-state index contributed by atoms with van der Waals surface area (Å²) in [5.41, 5.74) is 10.1. The molecule has 2 aromatic carbocycles. The van der Waals surface area contributed by atoms with Gasteiger partial charge in [0.1, 0.15) is 17.9 Å². The van der Waals surface area contributed by atoms with E-state index in [1.165, 1.54) is 25.3 Å². The van der Waals surface area contributed by atoms with Crippen molar-refractivity contribution in [1.29, 1.82) is 0 Å². The van der Waals surface area contributed by atoms with Crippen LogP contribution >= 0.6 is 0 Å². The van der Waals surface area contributed by atoms with E-state index in [-0.39, 0.29) is 35.7 Å². The Morgan fingerprint density at radius 1 is 0.717 bits per heavy atom. The number of hydrogen-bond acceptors (Lipinski definition) is 8. The zero-order chi connectivity index (χ0) is 41.9. The number of methoxy groups -OCH3 is 2. The van der Waals surface area contributed by atoms with Crippen molar-refractivity contribution < 1.29 is 33.4 Å². The molecule has 1 aliphatic carbocycles. The largest absolute Gasteiger partial charge is 0.453 e. The third kappa shape index (κ3) is 8.26. The molecule has 4 atom stereocenters. The Labute approximate surface area is 351 Å². The molecular formula is C46H57N7O7. The zero-order valence-corrected chi connectivity index (χ0v) is 35.1. The highest BCUT2D eigenvalue weighted by molar-refractivity contribution is 5.87. The number of alkyl carbamates (subject to hydrolysis) is 2. The number of hydrogen-bond donors (Lipinski definition) is 4. The summed E-state index contributed by atoms with van der Waals surface area (Å²) < 4.78 is 15.3. The van der Waals surface area contributed by atoms with Gasteiger partial charge < -0.3 is 44.6 Å². The number of ether oxygens (including phenoxy) is 3. The molecule has 4 N–H and O–H groups in total. The molecule has 4 aromatic rings. The predicted molar refractivity (Wildman–Crippen MR) is 226 cm³/mol. The standard InChI is InChI=1S/C46H57N7O7/c1-27(2)38(50-45(56)58-3)43(54)53-23-7-11-37(53)42-47-26-35(48-42)30-16-12-28(13-17-30)29-14-18-31(19-15-29)39-33-8-5-9-34(33)41(49-39)36-10-6-22-52(36)44(55)40(51-46(57)59-4)32-20-24-60-25-21-32/h12-19,26-27,32,36-38,40,49H,5-11,20-25H2,1-4H3,(H,47,48)(H,50,56)(H,51,57)/t36?,37-,38-,40?/m0/s1. The second-order valence-electron chi connectivity index (χ2n) is 16.9. The van der Waals surface area contributed by atoms with Gasteiger partial charge in [0, 0.05) is 37.7 Å². The van der Waals surface area contributed by atoms with Crippen molar-refractivity contribution in [2.75, 3.05) is 40.5 Å². The molecule has 0 spiro atoms. The van der Waals surface area contributed by atoms with Crippen LogP contribution in [-0.2, 0) is 36.6 Å². The maximum absolute atomic E-state index is 14.3. The molecule has 14 heteroatoms. The summed E-state index contributed by atoms with van der Waals surface area (Å²) in [5, 5.41) is 5.59. The van der Waals surface area contributed by atoms with Crippen molar-refractivity contribution in [2.24, 2.45) is 11.8 Å². The smallest absolute Gasteiger partial charge is 0.407 e. The Bertz CT molecular complexity index is 2170. The Hall–Kier alpha value is -5.63. The van der Waals surface area contributed by atoms with Crippen molar-refractivity contribution in [3.63, 3.8) is 0 Å². The predicted octanol–water partition coefficient (Wildman–Crippen LogP) is 7.09. The van der Waals surface area contributed by atoms with Gasteiger partial charge in [0.25, 0.3) is 0 Å². The molecule has 0 saturated carbocycles. The van der Waals surface area contributed by atoms with Crippen LogP contribution in [0.5, 0.6) is 0 Å². The minimum Gasteiger partial charge on any atom is -0.453 e. The first kappa shape index (κ1) is 41.1. The van der Waals surface area contributed by atoms with Crippen LogP contribution in [0.15, 0.2) is 54.7 Å². The molecule has 0 radical (unpaired) electrons. The molecule has 4 aliphatic rings. The van der Waals surface area contributed by atoms with Crippen LogP contribution in [0.25, 0.3) is 33.6 Å². The molecule has 318 valence electrons. The van der Waals surface area contributed by atoms with Gasteiger partial charge in [0.05, 0.1) is 38.2 Å². The van der Waals surface area contributed by atoms with Crippen molar-refractivity contribution in [3.05, 3.63) is 77.4 Å². The summed E-state index contributed by atoms with van der Waals surface area (Å²) in [5.74, 6) is 0.454. The van der Waals surface area contributed by atoms with Gasteiger partial charge in [-0.15, -0.1) is 0 Å². The number of nitrogens with zero attached hydrogens (tertiary/aromatic N) is 3. The summed E-state index contributed by atoms with van der Waals surface area (Å²) in [7, 11) is 2.63. The highest BCUT2D eigenvalue weighted by atomic mass is 16.5. The number of amides is 4. The first-order valence-electron chi connectivity index (χ1n) is 21.5. The van der Waals surface area contributed by atoms with Gasteiger partial charge in [-0.1, -0.05) is 62.4 Å². The second kappa shape index (κ2) is 17.9. The normalized spacial score (nSPS) is 20.2. The number of carbonyl (C=O) groups is 4. The van der Waals surface area contributed by atoms with E-state index in [4.69, 9.17) is 19.2 Å². The molecule has 0 bridgehead atoms. The quantitative estimate of drug-likeness (QED) is 0.124. The average Bonchev–Trinajstić information content (AvgIpc) is 4.13. The number of aromatic amines is 2. The Balaban J connectivity index is 0.964. The molecule has 3 saturated heterocycles. The second-order valence-corrected chi connectivity index (χ2v) is 16.9. The fourth-order valence-corrected chi connectivity index (χ4v) is 9.78. The van der Waals surface area contributed by atoms with E-state index in [1.54, 1.807) is 0 Å². The maximum Gasteiger partial charge on any atom is 0.407 e. The Kier molecular flexibility index (Phi) is 12.3. The third-order valence-corrected chi connectivity index (χ3v) is 13.0. The molecule has 4 amide bonds. The lowest BCUT2D eigenvalue weighted by molar-refractivity contribution is -0.137. The molecule has 2 aromatic heterocycles. The van der Waals surface area contributed by atoms with E-state index in [0.717, 1.165) is 103 Å². The van der Waals surface area contributed by atoms with Gasteiger partial charge >= 0.3 is 12.2 Å². The highest BCUT2D eigenvalue weighted by Gasteiger charge is 2.42. The summed E-state index contributed by atoms with van der Waals surface area (Å²) >= 11 is 0. The third-order valence-electron chi connectivity index (χ3n) is 13.0. The van der Waals surface area contributed by atoms with Crippen LogP contribution in [-0.4, -0.2) is 101 Å². The minimum atomic E-state index is -0.685. The van der Waals surface area contributed by atoms with Crippen LogP contribution in [0.2, 0.25) is 0 Å². The van der Waals surface area contributed by atoms with Gasteiger partial charge in [-0.3, -0.25) is 9.59 Å². The number of nitrogens with one attached hydrogen (secondary N) is 4. The molecule has 14 nitrogen and oxygen atoms in total. The molecule has 60 heavy (non-hydrogen) atoms. The van der Waals surface area contributed by atoms with Crippen LogP contribution in [0.1, 0.15) is 93.5 Å². The lowest BCUT2D eigenvalue weighted by atomic mass is 9.90. The van der Waals surface area contributed by atoms with Crippen LogP contribution in [0.4, 0.5) is 9.59 Å². The SMILES string of the molecule is COC(=O)NC(C(=O)N1CCCC1c1[nH]c(-c2ccc(-c3ccc(-c4cnc([C@@H]5CCCN5C(=O)[C@@H](NC(=O)OC)C(C)C)[nH]4)cc3)cc2)c2c1CCC2)C1CCOCC1. The summed E-state index contributed by atoms with van der Waals surface area (Å²) in [6.07, 6.45) is 8.54. The average molecular weight is 820 g/mol.